The summed E-state index contributed by atoms with van der Waals surface area (Å²) in [7, 11) is 1.41. The Morgan fingerprint density at radius 2 is 2.00 bits per heavy atom. The van der Waals surface area contributed by atoms with Crippen molar-refractivity contribution in [3.63, 3.8) is 0 Å². The van der Waals surface area contributed by atoms with Gasteiger partial charge < -0.3 is 14.9 Å². The lowest BCUT2D eigenvalue weighted by molar-refractivity contribution is -0.140. The summed E-state index contributed by atoms with van der Waals surface area (Å²) in [6.45, 7) is 8.26. The van der Waals surface area contributed by atoms with Crippen LogP contribution in [0, 0.1) is 17.3 Å². The summed E-state index contributed by atoms with van der Waals surface area (Å²) < 4.78 is 4.65. The van der Waals surface area contributed by atoms with E-state index in [4.69, 9.17) is 0 Å². The Bertz CT molecular complexity index is 590. The lowest BCUT2D eigenvalue weighted by Gasteiger charge is -2.28. The summed E-state index contributed by atoms with van der Waals surface area (Å²) in [5, 5.41) is 21.2. The minimum absolute atomic E-state index is 0.0213. The zero-order valence-electron chi connectivity index (χ0n) is 18.6. The Labute approximate surface area is 185 Å². The molecule has 0 amide bonds. The van der Waals surface area contributed by atoms with E-state index in [1.165, 1.54) is 12.7 Å². The van der Waals surface area contributed by atoms with Crippen LogP contribution in [0.5, 0.6) is 0 Å². The zero-order valence-corrected chi connectivity index (χ0v) is 20.2. The van der Waals surface area contributed by atoms with Crippen LogP contribution >= 0.6 is 15.9 Å². The van der Waals surface area contributed by atoms with Gasteiger partial charge in [-0.15, -0.1) is 0 Å². The molecule has 0 unspecified atom stereocenters. The van der Waals surface area contributed by atoms with Crippen LogP contribution in [0.4, 0.5) is 0 Å². The molecule has 29 heavy (non-hydrogen) atoms. The van der Waals surface area contributed by atoms with Crippen molar-refractivity contribution in [2.45, 2.75) is 83.3 Å². The van der Waals surface area contributed by atoms with Gasteiger partial charge in [-0.05, 0) is 57.3 Å². The lowest BCUT2D eigenvalue weighted by Crippen LogP contribution is -2.28. The SMILES string of the molecule is COC(=O)CCCC=CC[C@@H]1[C@@H](C=C[C@@H](O)C(C)(C)CC=C(C)C)[C@H](O)C[C@@H]1Br. The van der Waals surface area contributed by atoms with E-state index in [9.17, 15) is 15.0 Å². The van der Waals surface area contributed by atoms with Gasteiger partial charge in [0.1, 0.15) is 0 Å². The molecule has 0 aromatic carbocycles. The van der Waals surface area contributed by atoms with E-state index in [2.05, 4.69) is 66.6 Å². The number of halogens is 1. The molecule has 0 saturated heterocycles. The zero-order chi connectivity index (χ0) is 22.0. The van der Waals surface area contributed by atoms with Crippen LogP contribution in [-0.4, -0.2) is 40.3 Å². The predicted molar refractivity (Wildman–Crippen MR) is 123 cm³/mol. The highest BCUT2D eigenvalue weighted by Gasteiger charge is 2.39. The number of aliphatic hydroxyl groups is 2. The van der Waals surface area contributed by atoms with Gasteiger partial charge in [-0.3, -0.25) is 4.79 Å². The summed E-state index contributed by atoms with van der Waals surface area (Å²) >= 11 is 3.72. The molecule has 0 aromatic rings. The van der Waals surface area contributed by atoms with Crippen molar-refractivity contribution in [1.29, 1.82) is 0 Å². The summed E-state index contributed by atoms with van der Waals surface area (Å²) in [5.41, 5.74) is 1.00. The van der Waals surface area contributed by atoms with Crippen molar-refractivity contribution in [2.24, 2.45) is 17.3 Å². The third-order valence-corrected chi connectivity index (χ3v) is 6.83. The van der Waals surface area contributed by atoms with Crippen molar-refractivity contribution >= 4 is 21.9 Å². The molecule has 1 saturated carbocycles. The van der Waals surface area contributed by atoms with E-state index in [0.29, 0.717) is 12.8 Å². The van der Waals surface area contributed by atoms with Crippen LogP contribution in [0.1, 0.15) is 66.2 Å². The highest BCUT2D eigenvalue weighted by Crippen LogP contribution is 2.41. The number of esters is 1. The number of aliphatic hydroxyl groups excluding tert-OH is 2. The van der Waals surface area contributed by atoms with Gasteiger partial charge >= 0.3 is 5.97 Å². The number of alkyl halides is 1. The minimum Gasteiger partial charge on any atom is -0.469 e. The van der Waals surface area contributed by atoms with Crippen molar-refractivity contribution < 1.29 is 19.7 Å². The first-order valence-electron chi connectivity index (χ1n) is 10.6. The molecule has 5 heteroatoms. The third kappa shape index (κ3) is 9.18. The van der Waals surface area contributed by atoms with E-state index in [-0.39, 0.29) is 28.0 Å². The third-order valence-electron chi connectivity index (χ3n) is 5.78. The molecule has 0 spiro atoms. The first-order chi connectivity index (χ1) is 13.6. The van der Waals surface area contributed by atoms with Crippen molar-refractivity contribution in [1.82, 2.24) is 0 Å². The first-order valence-corrected chi connectivity index (χ1v) is 11.5. The van der Waals surface area contributed by atoms with E-state index in [1.54, 1.807) is 0 Å². The average molecular weight is 471 g/mol. The first kappa shape index (κ1) is 26.1. The molecule has 0 heterocycles. The highest BCUT2D eigenvalue weighted by atomic mass is 79.9. The molecule has 5 atom stereocenters. The van der Waals surface area contributed by atoms with Crippen molar-refractivity contribution in [2.75, 3.05) is 7.11 Å². The maximum Gasteiger partial charge on any atom is 0.305 e. The fourth-order valence-corrected chi connectivity index (χ4v) is 4.54. The Morgan fingerprint density at radius 3 is 2.62 bits per heavy atom. The van der Waals surface area contributed by atoms with Crippen LogP contribution in [0.15, 0.2) is 36.0 Å². The number of allylic oxidation sites excluding steroid dienone is 4. The highest BCUT2D eigenvalue weighted by molar-refractivity contribution is 9.09. The molecule has 2 N–H and O–H groups in total. The smallest absolute Gasteiger partial charge is 0.305 e. The lowest BCUT2D eigenvalue weighted by atomic mass is 9.81. The van der Waals surface area contributed by atoms with Gasteiger partial charge in [0.25, 0.3) is 0 Å². The van der Waals surface area contributed by atoms with Gasteiger partial charge in [-0.1, -0.05) is 65.7 Å². The summed E-state index contributed by atoms with van der Waals surface area (Å²) in [5.74, 6) is 0.133. The second kappa shape index (κ2) is 12.7. The van der Waals surface area contributed by atoms with Gasteiger partial charge in [0.05, 0.1) is 19.3 Å². The normalized spacial score (nSPS) is 26.2. The minimum atomic E-state index is -0.561. The Morgan fingerprint density at radius 1 is 1.31 bits per heavy atom. The Hall–Kier alpha value is -0.910. The number of unbranched alkanes of at least 4 members (excludes halogenated alkanes) is 1. The molecule has 1 aliphatic rings. The Kier molecular flexibility index (Phi) is 11.4. The van der Waals surface area contributed by atoms with Crippen LogP contribution in [0.25, 0.3) is 0 Å². The number of carbonyl (C=O) groups is 1. The molecule has 0 aromatic heterocycles. The molecule has 166 valence electrons. The van der Waals surface area contributed by atoms with E-state index >= 15 is 0 Å². The quantitative estimate of drug-likeness (QED) is 0.185. The van der Waals surface area contributed by atoms with E-state index in [1.807, 2.05) is 12.2 Å². The van der Waals surface area contributed by atoms with Crippen molar-refractivity contribution in [3.05, 3.63) is 36.0 Å². The van der Waals surface area contributed by atoms with Gasteiger partial charge in [0, 0.05) is 17.2 Å². The number of hydrogen-bond donors (Lipinski definition) is 2. The van der Waals surface area contributed by atoms with Gasteiger partial charge in [0.2, 0.25) is 0 Å². The van der Waals surface area contributed by atoms with Crippen LogP contribution in [0.3, 0.4) is 0 Å². The van der Waals surface area contributed by atoms with E-state index < -0.39 is 12.2 Å². The number of carbonyl (C=O) groups excluding carboxylic acids is 1. The van der Waals surface area contributed by atoms with Gasteiger partial charge in [0.15, 0.2) is 0 Å². The second-order valence-corrected chi connectivity index (χ2v) is 10.2. The monoisotopic (exact) mass is 470 g/mol. The largest absolute Gasteiger partial charge is 0.469 e. The maximum atomic E-state index is 11.1. The summed E-state index contributed by atoms with van der Waals surface area (Å²) in [6.07, 6.45) is 13.8. The number of ether oxygens (including phenoxy) is 1. The van der Waals surface area contributed by atoms with Crippen molar-refractivity contribution in [3.8, 4) is 0 Å². The summed E-state index contributed by atoms with van der Waals surface area (Å²) in [4.78, 5) is 11.4. The van der Waals surface area contributed by atoms with E-state index in [0.717, 1.165) is 25.7 Å². The molecule has 0 aliphatic heterocycles. The molecular formula is C24H39BrO4. The molecule has 1 aliphatic carbocycles. The fraction of sp³-hybridized carbons (Fsp3) is 0.708. The maximum absolute atomic E-state index is 11.1. The molecule has 4 nitrogen and oxygen atoms in total. The topological polar surface area (TPSA) is 66.8 Å². The summed E-state index contributed by atoms with van der Waals surface area (Å²) in [6, 6.07) is 0. The predicted octanol–water partition coefficient (Wildman–Crippen LogP) is 5.34. The fourth-order valence-electron chi connectivity index (χ4n) is 3.58. The van der Waals surface area contributed by atoms with Gasteiger partial charge in [-0.25, -0.2) is 0 Å². The molecule has 0 radical (unpaired) electrons. The Balaban J connectivity index is 2.64. The standard InChI is InChI=1S/C24H39BrO4/c1-17(2)14-15-24(3,4)22(27)13-12-19-18(20(25)16-21(19)26)10-8-6-7-9-11-23(28)29-5/h6,8,12-14,18-22,26-27H,7,9-11,15-16H2,1-5H3/t18-,19-,20+,21-,22-/m1/s1. The van der Waals surface area contributed by atoms with Crippen LogP contribution in [0.2, 0.25) is 0 Å². The number of hydrogen-bond acceptors (Lipinski definition) is 4. The number of rotatable bonds is 11. The molecule has 0 bridgehead atoms. The second-order valence-electron chi connectivity index (χ2n) is 9.04. The van der Waals surface area contributed by atoms with Gasteiger partial charge in [-0.2, -0.15) is 0 Å². The average Bonchev–Trinajstić information content (AvgIpc) is 2.93. The van der Waals surface area contributed by atoms with Crippen LogP contribution in [-0.2, 0) is 9.53 Å². The van der Waals surface area contributed by atoms with Crippen LogP contribution < -0.4 is 0 Å². The number of methoxy groups -OCH3 is 1. The molecular weight excluding hydrogens is 432 g/mol. The molecule has 1 fully saturated rings. The molecule has 1 rings (SSSR count).